The van der Waals surface area contributed by atoms with Crippen LogP contribution in [0.1, 0.15) is 30.8 Å². The molecule has 0 amide bonds. The SMILES string of the molecule is CC(c1nc(C2COCCO2)no1)N1CCNCC1. The maximum absolute atomic E-state index is 5.57. The second kappa shape index (κ2) is 5.96. The van der Waals surface area contributed by atoms with Crippen LogP contribution in [0, 0.1) is 0 Å². The molecule has 3 rings (SSSR count). The molecule has 2 fully saturated rings. The first kappa shape index (κ1) is 13.0. The van der Waals surface area contributed by atoms with Crippen LogP contribution < -0.4 is 5.32 Å². The molecule has 0 aliphatic carbocycles. The monoisotopic (exact) mass is 268 g/mol. The van der Waals surface area contributed by atoms with Crippen molar-refractivity contribution >= 4 is 0 Å². The molecule has 0 saturated carbocycles. The van der Waals surface area contributed by atoms with Crippen molar-refractivity contribution in [1.82, 2.24) is 20.4 Å². The van der Waals surface area contributed by atoms with Crippen LogP contribution in [-0.4, -0.2) is 61.0 Å². The summed E-state index contributed by atoms with van der Waals surface area (Å²) < 4.78 is 16.3. The van der Waals surface area contributed by atoms with Gasteiger partial charge in [-0.1, -0.05) is 5.16 Å². The molecule has 106 valence electrons. The zero-order valence-corrected chi connectivity index (χ0v) is 11.2. The van der Waals surface area contributed by atoms with E-state index in [1.165, 1.54) is 0 Å². The van der Waals surface area contributed by atoms with Crippen LogP contribution in [0.3, 0.4) is 0 Å². The lowest BCUT2D eigenvalue weighted by Crippen LogP contribution is -2.44. The number of ether oxygens (including phenoxy) is 2. The molecule has 3 heterocycles. The van der Waals surface area contributed by atoms with Crippen molar-refractivity contribution in [1.29, 1.82) is 0 Å². The minimum atomic E-state index is -0.193. The molecule has 2 unspecified atom stereocenters. The molecular weight excluding hydrogens is 248 g/mol. The molecule has 2 aliphatic heterocycles. The molecule has 0 spiro atoms. The van der Waals surface area contributed by atoms with E-state index in [0.29, 0.717) is 31.5 Å². The van der Waals surface area contributed by atoms with Crippen LogP contribution in [-0.2, 0) is 9.47 Å². The van der Waals surface area contributed by atoms with Crippen molar-refractivity contribution in [3.8, 4) is 0 Å². The van der Waals surface area contributed by atoms with Gasteiger partial charge in [0.25, 0.3) is 0 Å². The predicted octanol–water partition coefficient (Wildman–Crippen LogP) is 0.124. The molecule has 1 aromatic rings. The van der Waals surface area contributed by atoms with Crippen molar-refractivity contribution < 1.29 is 14.0 Å². The summed E-state index contributed by atoms with van der Waals surface area (Å²) >= 11 is 0. The summed E-state index contributed by atoms with van der Waals surface area (Å²) in [7, 11) is 0. The summed E-state index contributed by atoms with van der Waals surface area (Å²) in [4.78, 5) is 6.80. The second-order valence-corrected chi connectivity index (χ2v) is 4.89. The van der Waals surface area contributed by atoms with E-state index in [1.54, 1.807) is 0 Å². The van der Waals surface area contributed by atoms with E-state index in [9.17, 15) is 0 Å². The van der Waals surface area contributed by atoms with Crippen molar-refractivity contribution in [3.63, 3.8) is 0 Å². The first-order valence-corrected chi connectivity index (χ1v) is 6.82. The Morgan fingerprint density at radius 1 is 1.32 bits per heavy atom. The summed E-state index contributed by atoms with van der Waals surface area (Å²) in [5.41, 5.74) is 0. The Labute approximate surface area is 112 Å². The van der Waals surface area contributed by atoms with Crippen LogP contribution in [0.2, 0.25) is 0 Å². The van der Waals surface area contributed by atoms with Gasteiger partial charge in [0.2, 0.25) is 11.7 Å². The van der Waals surface area contributed by atoms with Gasteiger partial charge in [0, 0.05) is 26.2 Å². The highest BCUT2D eigenvalue weighted by Crippen LogP contribution is 2.23. The van der Waals surface area contributed by atoms with Crippen molar-refractivity contribution in [2.75, 3.05) is 46.0 Å². The van der Waals surface area contributed by atoms with E-state index >= 15 is 0 Å². The quantitative estimate of drug-likeness (QED) is 0.835. The predicted molar refractivity (Wildman–Crippen MR) is 66.7 cm³/mol. The Balaban J connectivity index is 1.65. The Morgan fingerprint density at radius 3 is 2.89 bits per heavy atom. The third-order valence-corrected chi connectivity index (χ3v) is 3.62. The van der Waals surface area contributed by atoms with Crippen molar-refractivity contribution in [2.24, 2.45) is 0 Å². The Hall–Kier alpha value is -1.02. The van der Waals surface area contributed by atoms with Gasteiger partial charge in [-0.3, -0.25) is 4.90 Å². The van der Waals surface area contributed by atoms with E-state index in [2.05, 4.69) is 27.3 Å². The highest BCUT2D eigenvalue weighted by atomic mass is 16.6. The van der Waals surface area contributed by atoms with Crippen LogP contribution in [0.4, 0.5) is 0 Å². The molecule has 2 saturated heterocycles. The van der Waals surface area contributed by atoms with Crippen molar-refractivity contribution in [2.45, 2.75) is 19.1 Å². The normalized spacial score (nSPS) is 27.3. The maximum Gasteiger partial charge on any atom is 0.243 e. The van der Waals surface area contributed by atoms with Crippen molar-refractivity contribution in [3.05, 3.63) is 11.7 Å². The van der Waals surface area contributed by atoms with Gasteiger partial charge in [-0.25, -0.2) is 0 Å². The fourth-order valence-corrected chi connectivity index (χ4v) is 2.41. The zero-order chi connectivity index (χ0) is 13.1. The van der Waals surface area contributed by atoms with Crippen LogP contribution in [0.25, 0.3) is 0 Å². The Bertz CT molecular complexity index is 399. The molecule has 0 radical (unpaired) electrons. The molecule has 2 atom stereocenters. The fraction of sp³-hybridized carbons (Fsp3) is 0.833. The van der Waals surface area contributed by atoms with E-state index in [-0.39, 0.29) is 12.1 Å². The second-order valence-electron chi connectivity index (χ2n) is 4.89. The van der Waals surface area contributed by atoms with Gasteiger partial charge in [0.15, 0.2) is 0 Å². The van der Waals surface area contributed by atoms with Gasteiger partial charge in [-0.15, -0.1) is 0 Å². The lowest BCUT2D eigenvalue weighted by Gasteiger charge is -2.30. The molecule has 2 aliphatic rings. The third-order valence-electron chi connectivity index (χ3n) is 3.62. The maximum atomic E-state index is 5.57. The lowest BCUT2D eigenvalue weighted by molar-refractivity contribution is -0.0941. The number of nitrogens with zero attached hydrogens (tertiary/aromatic N) is 3. The van der Waals surface area contributed by atoms with Gasteiger partial charge in [0.1, 0.15) is 6.10 Å². The van der Waals surface area contributed by atoms with Crippen LogP contribution in [0.5, 0.6) is 0 Å². The largest absolute Gasteiger partial charge is 0.376 e. The number of hydrogen-bond acceptors (Lipinski definition) is 7. The lowest BCUT2D eigenvalue weighted by atomic mass is 10.2. The fourth-order valence-electron chi connectivity index (χ4n) is 2.41. The number of rotatable bonds is 3. The molecule has 0 bridgehead atoms. The Morgan fingerprint density at radius 2 is 2.16 bits per heavy atom. The molecule has 19 heavy (non-hydrogen) atoms. The molecular formula is C12H20N4O3. The average Bonchev–Trinajstić information content (AvgIpc) is 2.98. The van der Waals surface area contributed by atoms with Crippen LogP contribution >= 0.6 is 0 Å². The molecule has 0 aromatic carbocycles. The van der Waals surface area contributed by atoms with Gasteiger partial charge in [-0.05, 0) is 6.92 Å². The van der Waals surface area contributed by atoms with Gasteiger partial charge in [0.05, 0.1) is 25.9 Å². The van der Waals surface area contributed by atoms with Crippen LogP contribution in [0.15, 0.2) is 4.52 Å². The number of hydrogen-bond donors (Lipinski definition) is 1. The van der Waals surface area contributed by atoms with E-state index in [0.717, 1.165) is 26.2 Å². The number of piperazine rings is 1. The minimum Gasteiger partial charge on any atom is -0.376 e. The van der Waals surface area contributed by atoms with Gasteiger partial charge in [-0.2, -0.15) is 4.98 Å². The van der Waals surface area contributed by atoms with E-state index in [1.807, 2.05) is 0 Å². The van der Waals surface area contributed by atoms with E-state index < -0.39 is 0 Å². The zero-order valence-electron chi connectivity index (χ0n) is 11.2. The summed E-state index contributed by atoms with van der Waals surface area (Å²) in [5.74, 6) is 1.25. The summed E-state index contributed by atoms with van der Waals surface area (Å²) in [6.45, 7) is 7.84. The smallest absolute Gasteiger partial charge is 0.243 e. The first-order chi connectivity index (χ1) is 9.34. The minimum absolute atomic E-state index is 0.146. The molecule has 1 aromatic heterocycles. The van der Waals surface area contributed by atoms with Gasteiger partial charge < -0.3 is 19.3 Å². The summed E-state index contributed by atoms with van der Waals surface area (Å²) in [5, 5.41) is 7.36. The topological polar surface area (TPSA) is 72.7 Å². The average molecular weight is 268 g/mol. The summed E-state index contributed by atoms with van der Waals surface area (Å²) in [6, 6.07) is 0.146. The molecule has 7 nitrogen and oxygen atoms in total. The number of aromatic nitrogens is 2. The highest BCUT2D eigenvalue weighted by molar-refractivity contribution is 4.96. The Kier molecular flexibility index (Phi) is 4.07. The first-order valence-electron chi connectivity index (χ1n) is 6.82. The summed E-state index contributed by atoms with van der Waals surface area (Å²) in [6.07, 6.45) is -0.193. The third kappa shape index (κ3) is 2.94. The number of nitrogens with one attached hydrogen (secondary N) is 1. The molecule has 7 heteroatoms. The highest BCUT2D eigenvalue weighted by Gasteiger charge is 2.26. The van der Waals surface area contributed by atoms with Gasteiger partial charge >= 0.3 is 0 Å². The van der Waals surface area contributed by atoms with E-state index in [4.69, 9.17) is 14.0 Å². The molecule has 1 N–H and O–H groups in total. The standard InChI is InChI=1S/C12H20N4O3/c1-9(16-4-2-13-3-5-16)12-14-11(15-19-12)10-8-17-6-7-18-10/h9-10,13H,2-8H2,1H3.